The first-order valence-corrected chi connectivity index (χ1v) is 5.24. The van der Waals surface area contributed by atoms with Crippen LogP contribution in [0.3, 0.4) is 0 Å². The van der Waals surface area contributed by atoms with Crippen molar-refractivity contribution in [2.24, 2.45) is 0 Å². The molecule has 0 saturated carbocycles. The highest BCUT2D eigenvalue weighted by atomic mass is 16.4. The second kappa shape index (κ2) is 5.32. The van der Waals surface area contributed by atoms with Gasteiger partial charge >= 0.3 is 5.97 Å². The van der Waals surface area contributed by atoms with Gasteiger partial charge in [0.25, 0.3) is 0 Å². The third-order valence-corrected chi connectivity index (χ3v) is 2.94. The lowest BCUT2D eigenvalue weighted by Crippen LogP contribution is -2.48. The Balaban J connectivity index is 2.23. The number of likely N-dealkylation sites (N-methyl/N-ethyl adjacent to an activating group) is 1. The third kappa shape index (κ3) is 3.64. The molecule has 1 aliphatic heterocycles. The average Bonchev–Trinajstić information content (AvgIpc) is 2.15. The van der Waals surface area contributed by atoms with E-state index in [9.17, 15) is 4.79 Å². The fourth-order valence-corrected chi connectivity index (χ4v) is 1.78. The van der Waals surface area contributed by atoms with E-state index in [-0.39, 0.29) is 6.42 Å². The fourth-order valence-electron chi connectivity index (χ4n) is 1.78. The van der Waals surface area contributed by atoms with Crippen molar-refractivity contribution in [3.05, 3.63) is 0 Å². The summed E-state index contributed by atoms with van der Waals surface area (Å²) in [7, 11) is 2.12. The predicted octanol–water partition coefficient (Wildman–Crippen LogP) is 0.487. The predicted molar refractivity (Wildman–Crippen MR) is 55.4 cm³/mol. The number of carboxylic acids is 1. The summed E-state index contributed by atoms with van der Waals surface area (Å²) < 4.78 is 0. The Kier molecular flexibility index (Phi) is 4.35. The van der Waals surface area contributed by atoms with Gasteiger partial charge in [-0.2, -0.15) is 0 Å². The molecule has 0 spiro atoms. The second-order valence-electron chi connectivity index (χ2n) is 4.12. The van der Waals surface area contributed by atoms with Crippen LogP contribution in [0, 0.1) is 0 Å². The number of carboxylic acid groups (broad SMARTS) is 1. The Morgan fingerprint density at radius 2 is 1.93 bits per heavy atom. The standard InChI is InChI=1S/C10H20N2O2/c1-9(3-4-10(13)14)12-7-5-11(2)6-8-12/h9H,3-8H2,1-2H3,(H,13,14)/t9-/m0/s1. The number of nitrogens with zero attached hydrogens (tertiary/aromatic N) is 2. The summed E-state index contributed by atoms with van der Waals surface area (Å²) in [6.45, 7) is 6.44. The Labute approximate surface area is 85.5 Å². The number of hydrogen-bond acceptors (Lipinski definition) is 3. The van der Waals surface area contributed by atoms with Gasteiger partial charge in [0.1, 0.15) is 0 Å². The van der Waals surface area contributed by atoms with E-state index in [2.05, 4.69) is 23.8 Å². The summed E-state index contributed by atoms with van der Waals surface area (Å²) in [5.41, 5.74) is 0. The van der Waals surface area contributed by atoms with Crippen molar-refractivity contribution in [2.45, 2.75) is 25.8 Å². The lowest BCUT2D eigenvalue weighted by Gasteiger charge is -2.36. The molecule has 0 unspecified atom stereocenters. The first kappa shape index (κ1) is 11.5. The quantitative estimate of drug-likeness (QED) is 0.717. The van der Waals surface area contributed by atoms with Gasteiger partial charge < -0.3 is 10.0 Å². The zero-order valence-corrected chi connectivity index (χ0v) is 9.07. The van der Waals surface area contributed by atoms with E-state index in [1.54, 1.807) is 0 Å². The van der Waals surface area contributed by atoms with Gasteiger partial charge in [0.05, 0.1) is 0 Å². The molecule has 1 aliphatic rings. The van der Waals surface area contributed by atoms with Crippen molar-refractivity contribution >= 4 is 5.97 Å². The molecule has 0 amide bonds. The summed E-state index contributed by atoms with van der Waals surface area (Å²) >= 11 is 0. The minimum Gasteiger partial charge on any atom is -0.481 e. The number of hydrogen-bond donors (Lipinski definition) is 1. The van der Waals surface area contributed by atoms with E-state index in [0.29, 0.717) is 6.04 Å². The summed E-state index contributed by atoms with van der Waals surface area (Å²) in [5, 5.41) is 8.58. The fraction of sp³-hybridized carbons (Fsp3) is 0.900. The van der Waals surface area contributed by atoms with Crippen LogP contribution in [-0.2, 0) is 4.79 Å². The van der Waals surface area contributed by atoms with Crippen LogP contribution in [0.5, 0.6) is 0 Å². The van der Waals surface area contributed by atoms with Crippen LogP contribution in [0.25, 0.3) is 0 Å². The number of rotatable bonds is 4. The summed E-state index contributed by atoms with van der Waals surface area (Å²) in [6.07, 6.45) is 1.05. The molecule has 0 aromatic rings. The van der Waals surface area contributed by atoms with Gasteiger partial charge in [-0.25, -0.2) is 0 Å². The molecule has 1 N–H and O–H groups in total. The van der Waals surface area contributed by atoms with Crippen molar-refractivity contribution in [1.29, 1.82) is 0 Å². The lowest BCUT2D eigenvalue weighted by atomic mass is 10.1. The highest BCUT2D eigenvalue weighted by molar-refractivity contribution is 5.66. The third-order valence-electron chi connectivity index (χ3n) is 2.94. The molecule has 1 saturated heterocycles. The van der Waals surface area contributed by atoms with E-state index in [0.717, 1.165) is 32.6 Å². The summed E-state index contributed by atoms with van der Waals surface area (Å²) in [4.78, 5) is 15.1. The van der Waals surface area contributed by atoms with Gasteiger partial charge in [0.2, 0.25) is 0 Å². The van der Waals surface area contributed by atoms with Crippen molar-refractivity contribution in [2.75, 3.05) is 33.2 Å². The van der Waals surface area contributed by atoms with Gasteiger partial charge in [-0.05, 0) is 20.4 Å². The number of piperazine rings is 1. The Bertz CT molecular complexity index is 189. The molecule has 82 valence electrons. The van der Waals surface area contributed by atoms with Gasteiger partial charge in [0, 0.05) is 38.6 Å². The molecule has 0 aliphatic carbocycles. The molecule has 4 nitrogen and oxygen atoms in total. The minimum atomic E-state index is -0.689. The molecule has 0 aromatic carbocycles. The molecule has 1 atom stereocenters. The molecule has 0 aromatic heterocycles. The smallest absolute Gasteiger partial charge is 0.303 e. The molecule has 0 bridgehead atoms. The zero-order chi connectivity index (χ0) is 10.6. The molecule has 14 heavy (non-hydrogen) atoms. The number of carbonyl (C=O) groups is 1. The van der Waals surface area contributed by atoms with Crippen LogP contribution in [0.4, 0.5) is 0 Å². The molecular weight excluding hydrogens is 180 g/mol. The highest BCUT2D eigenvalue weighted by Gasteiger charge is 2.19. The average molecular weight is 200 g/mol. The highest BCUT2D eigenvalue weighted by Crippen LogP contribution is 2.09. The van der Waals surface area contributed by atoms with Crippen LogP contribution < -0.4 is 0 Å². The minimum absolute atomic E-state index is 0.285. The van der Waals surface area contributed by atoms with Crippen LogP contribution in [0.15, 0.2) is 0 Å². The maximum atomic E-state index is 10.4. The molecule has 1 heterocycles. The van der Waals surface area contributed by atoms with Crippen LogP contribution in [-0.4, -0.2) is 60.1 Å². The normalized spacial score (nSPS) is 22.1. The van der Waals surface area contributed by atoms with E-state index in [1.807, 2.05) is 0 Å². The Hall–Kier alpha value is -0.610. The largest absolute Gasteiger partial charge is 0.481 e. The van der Waals surface area contributed by atoms with Crippen LogP contribution in [0.2, 0.25) is 0 Å². The van der Waals surface area contributed by atoms with Crippen molar-refractivity contribution in [3.63, 3.8) is 0 Å². The topological polar surface area (TPSA) is 43.8 Å². The first-order valence-electron chi connectivity index (χ1n) is 5.24. The van der Waals surface area contributed by atoms with E-state index < -0.39 is 5.97 Å². The Morgan fingerprint density at radius 3 is 2.43 bits per heavy atom. The second-order valence-corrected chi connectivity index (χ2v) is 4.12. The first-order chi connectivity index (χ1) is 6.59. The maximum Gasteiger partial charge on any atom is 0.303 e. The molecule has 1 rings (SSSR count). The van der Waals surface area contributed by atoms with Gasteiger partial charge in [0.15, 0.2) is 0 Å². The van der Waals surface area contributed by atoms with Crippen LogP contribution in [0.1, 0.15) is 19.8 Å². The number of aliphatic carboxylic acids is 1. The SMILES string of the molecule is C[C@@H](CCC(=O)O)N1CCN(C)CC1. The monoisotopic (exact) mass is 200 g/mol. The van der Waals surface area contributed by atoms with Crippen molar-refractivity contribution < 1.29 is 9.90 Å². The molecular formula is C10H20N2O2. The lowest BCUT2D eigenvalue weighted by molar-refractivity contribution is -0.137. The van der Waals surface area contributed by atoms with E-state index >= 15 is 0 Å². The van der Waals surface area contributed by atoms with E-state index in [4.69, 9.17) is 5.11 Å². The van der Waals surface area contributed by atoms with Gasteiger partial charge in [-0.1, -0.05) is 0 Å². The van der Waals surface area contributed by atoms with Gasteiger partial charge in [-0.3, -0.25) is 9.69 Å². The van der Waals surface area contributed by atoms with E-state index in [1.165, 1.54) is 0 Å². The van der Waals surface area contributed by atoms with Crippen LogP contribution >= 0.6 is 0 Å². The maximum absolute atomic E-state index is 10.4. The zero-order valence-electron chi connectivity index (χ0n) is 9.07. The molecule has 0 radical (unpaired) electrons. The summed E-state index contributed by atoms with van der Waals surface area (Å²) in [6, 6.07) is 0.403. The van der Waals surface area contributed by atoms with Crippen molar-refractivity contribution in [3.8, 4) is 0 Å². The summed E-state index contributed by atoms with van der Waals surface area (Å²) in [5.74, 6) is -0.689. The van der Waals surface area contributed by atoms with Gasteiger partial charge in [-0.15, -0.1) is 0 Å². The molecule has 1 fully saturated rings. The van der Waals surface area contributed by atoms with Crippen molar-refractivity contribution in [1.82, 2.24) is 9.80 Å². The Morgan fingerprint density at radius 1 is 1.36 bits per heavy atom. The molecule has 4 heteroatoms.